The van der Waals surface area contributed by atoms with E-state index in [4.69, 9.17) is 11.6 Å². The quantitative estimate of drug-likeness (QED) is 0.488. The second kappa shape index (κ2) is 9.51. The van der Waals surface area contributed by atoms with Gasteiger partial charge in [0.15, 0.2) is 5.69 Å². The molecule has 2 N–H and O–H groups in total. The molecule has 192 valence electrons. The smallest absolute Gasteiger partial charge is 0.348 e. The first kappa shape index (κ1) is 27.1. The van der Waals surface area contributed by atoms with Crippen molar-refractivity contribution in [1.82, 2.24) is 15.1 Å². The van der Waals surface area contributed by atoms with Gasteiger partial charge in [-0.25, -0.2) is 13.1 Å². The predicted molar refractivity (Wildman–Crippen MR) is 132 cm³/mol. The van der Waals surface area contributed by atoms with Crippen molar-refractivity contribution in [1.29, 1.82) is 0 Å². The first-order valence-electron chi connectivity index (χ1n) is 11.0. The van der Waals surface area contributed by atoms with Crippen LogP contribution >= 0.6 is 11.6 Å². The number of aryl methyl sites for hydroxylation is 1. The molecule has 0 bridgehead atoms. The Balaban J connectivity index is 2.27. The normalized spacial score (nSPS) is 17.0. The number of amides is 1. The molecule has 1 atom stereocenters. The molecule has 0 aliphatic heterocycles. The number of carbonyl (C=O) groups excluding carboxylic acids is 1. The lowest BCUT2D eigenvalue weighted by molar-refractivity contribution is -0.00606. The van der Waals surface area contributed by atoms with Gasteiger partial charge in [0.25, 0.3) is 11.8 Å². The molecule has 12 heteroatoms. The van der Waals surface area contributed by atoms with Crippen LogP contribution in [0.15, 0.2) is 30.3 Å². The van der Waals surface area contributed by atoms with Crippen LogP contribution in [0.25, 0.3) is 5.57 Å². The monoisotopic (exact) mass is 530 g/mol. The fourth-order valence-corrected chi connectivity index (χ4v) is 4.54. The van der Waals surface area contributed by atoms with E-state index in [1.807, 2.05) is 20.8 Å². The summed E-state index contributed by atoms with van der Waals surface area (Å²) >= 11 is 5.95. The van der Waals surface area contributed by atoms with Gasteiger partial charge in [0.2, 0.25) is 0 Å². The lowest BCUT2D eigenvalue weighted by atomic mass is 9.88. The lowest BCUT2D eigenvalue weighted by Crippen LogP contribution is -2.42. The number of aromatic nitrogens is 2. The number of rotatable bonds is 6. The van der Waals surface area contributed by atoms with E-state index < -0.39 is 35.0 Å². The average Bonchev–Trinajstić information content (AvgIpc) is 3.04. The summed E-state index contributed by atoms with van der Waals surface area (Å²) in [4.78, 5) is 13.4. The highest BCUT2D eigenvalue weighted by molar-refractivity contribution is 7.87. The molecule has 0 saturated carbocycles. The fraction of sp³-hybridized carbons (Fsp3) is 0.478. The molecule has 35 heavy (non-hydrogen) atoms. The maximum absolute atomic E-state index is 13.8. The van der Waals surface area contributed by atoms with Crippen LogP contribution in [0, 0.1) is 5.41 Å². The second-order valence-corrected chi connectivity index (χ2v) is 11.4. The van der Waals surface area contributed by atoms with Gasteiger partial charge in [-0.1, -0.05) is 38.4 Å². The van der Waals surface area contributed by atoms with Crippen LogP contribution in [0.2, 0.25) is 5.02 Å². The Morgan fingerprint density at radius 1 is 1.29 bits per heavy atom. The molecule has 1 aromatic heterocycles. The van der Waals surface area contributed by atoms with Crippen LogP contribution in [0.3, 0.4) is 0 Å². The van der Waals surface area contributed by atoms with Crippen LogP contribution in [0.4, 0.5) is 20.2 Å². The third kappa shape index (κ3) is 6.02. The number of benzene rings is 1. The summed E-state index contributed by atoms with van der Waals surface area (Å²) in [7, 11) is -3.54. The van der Waals surface area contributed by atoms with Crippen molar-refractivity contribution in [3.05, 3.63) is 46.8 Å². The maximum atomic E-state index is 13.8. The van der Waals surface area contributed by atoms with Gasteiger partial charge in [-0.3, -0.25) is 14.0 Å². The van der Waals surface area contributed by atoms with Crippen LogP contribution in [0.5, 0.6) is 0 Å². The number of nitrogens with one attached hydrogen (secondary N) is 1. The summed E-state index contributed by atoms with van der Waals surface area (Å²) < 4.78 is 65.0. The zero-order chi connectivity index (χ0) is 26.3. The summed E-state index contributed by atoms with van der Waals surface area (Å²) in [6, 6.07) is 5.24. The molecule has 0 spiro atoms. The van der Waals surface area contributed by atoms with Crippen molar-refractivity contribution in [2.24, 2.45) is 12.5 Å². The zero-order valence-corrected chi connectivity index (χ0v) is 21.7. The SMILES string of the molecule is C[C@H](NC(=O)c1c(N(c2ccc(Cl)cc2)S(=O)(=O)O)c(C2=CCC(F)(F)CC2)nn1C)C(C)(C)C. The second-order valence-electron chi connectivity index (χ2n) is 9.74. The van der Waals surface area contributed by atoms with Crippen molar-refractivity contribution in [2.45, 2.75) is 58.9 Å². The Morgan fingerprint density at radius 3 is 2.37 bits per heavy atom. The molecule has 1 amide bonds. The Hall–Kier alpha value is -2.50. The van der Waals surface area contributed by atoms with Gasteiger partial charge >= 0.3 is 10.3 Å². The number of hydrogen-bond acceptors (Lipinski definition) is 4. The number of halogens is 3. The molecule has 2 aromatic rings. The van der Waals surface area contributed by atoms with E-state index in [1.165, 1.54) is 42.1 Å². The number of alkyl halides is 2. The van der Waals surface area contributed by atoms with Crippen molar-refractivity contribution < 1.29 is 26.5 Å². The van der Waals surface area contributed by atoms with Crippen molar-refractivity contribution in [3.8, 4) is 0 Å². The minimum absolute atomic E-state index is 0.00851. The molecule has 0 radical (unpaired) electrons. The highest BCUT2D eigenvalue weighted by Crippen LogP contribution is 2.43. The summed E-state index contributed by atoms with van der Waals surface area (Å²) in [5, 5.41) is 7.52. The summed E-state index contributed by atoms with van der Waals surface area (Å²) in [5.41, 5.74) is -0.329. The van der Waals surface area contributed by atoms with E-state index in [0.717, 1.165) is 0 Å². The molecular formula is C23H29ClF2N4O4S. The van der Waals surface area contributed by atoms with Gasteiger partial charge in [0.05, 0.1) is 5.69 Å². The topological polar surface area (TPSA) is 105 Å². The largest absolute Gasteiger partial charge is 0.364 e. The van der Waals surface area contributed by atoms with E-state index in [2.05, 4.69) is 10.4 Å². The molecule has 0 fully saturated rings. The number of carbonyl (C=O) groups is 1. The Bertz CT molecular complexity index is 1250. The number of anilines is 2. The van der Waals surface area contributed by atoms with Gasteiger partial charge < -0.3 is 5.32 Å². The highest BCUT2D eigenvalue weighted by Gasteiger charge is 2.38. The predicted octanol–water partition coefficient (Wildman–Crippen LogP) is 5.38. The van der Waals surface area contributed by atoms with Gasteiger partial charge in [-0.05, 0) is 48.6 Å². The summed E-state index contributed by atoms with van der Waals surface area (Å²) in [6.45, 7) is 7.59. The molecule has 1 aliphatic rings. The number of allylic oxidation sites excluding steroid dienone is 2. The molecule has 0 saturated heterocycles. The highest BCUT2D eigenvalue weighted by atomic mass is 35.5. The van der Waals surface area contributed by atoms with Gasteiger partial charge in [-0.2, -0.15) is 13.5 Å². The molecule has 1 heterocycles. The van der Waals surface area contributed by atoms with E-state index in [1.54, 1.807) is 6.92 Å². The third-order valence-corrected chi connectivity index (χ3v) is 7.20. The Labute approximate surface area is 208 Å². The summed E-state index contributed by atoms with van der Waals surface area (Å²) in [5.74, 6) is -3.52. The first-order valence-corrected chi connectivity index (χ1v) is 12.8. The third-order valence-electron chi connectivity index (χ3n) is 6.09. The number of hydrogen-bond donors (Lipinski definition) is 2. The molecule has 1 aromatic carbocycles. The zero-order valence-electron chi connectivity index (χ0n) is 20.1. The van der Waals surface area contributed by atoms with Gasteiger partial charge in [0.1, 0.15) is 11.4 Å². The van der Waals surface area contributed by atoms with E-state index >= 15 is 0 Å². The average molecular weight is 531 g/mol. The minimum Gasteiger partial charge on any atom is -0.348 e. The Morgan fingerprint density at radius 2 is 1.89 bits per heavy atom. The standard InChI is InChI=1S/C23H29ClF2N4O4S/c1-14(22(2,3)4)27-21(31)20-19(30(35(32,33)34)17-8-6-16(24)7-9-17)18(28-29(20)5)15-10-12-23(25,26)13-11-15/h6-10,14H,11-13H2,1-5H3,(H,27,31)(H,32,33,34)/t14-/m0/s1. The van der Waals surface area contributed by atoms with Crippen LogP contribution in [-0.4, -0.2) is 40.6 Å². The van der Waals surface area contributed by atoms with Crippen LogP contribution < -0.4 is 9.62 Å². The summed E-state index contributed by atoms with van der Waals surface area (Å²) in [6.07, 6.45) is 0.202. The first-order chi connectivity index (χ1) is 16.0. The molecular weight excluding hydrogens is 502 g/mol. The van der Waals surface area contributed by atoms with Crippen molar-refractivity contribution in [3.63, 3.8) is 0 Å². The van der Waals surface area contributed by atoms with Crippen LogP contribution in [0.1, 0.15) is 63.1 Å². The molecule has 8 nitrogen and oxygen atoms in total. The molecule has 3 rings (SSSR count). The van der Waals surface area contributed by atoms with Crippen LogP contribution in [-0.2, 0) is 17.4 Å². The molecule has 1 aliphatic carbocycles. The molecule has 0 unspecified atom stereocenters. The van der Waals surface area contributed by atoms with Crippen molar-refractivity contribution in [2.75, 3.05) is 4.31 Å². The fourth-order valence-electron chi connectivity index (χ4n) is 3.62. The van der Waals surface area contributed by atoms with Gasteiger partial charge in [-0.15, -0.1) is 0 Å². The Kier molecular flexibility index (Phi) is 7.36. The van der Waals surface area contributed by atoms with E-state index in [-0.39, 0.29) is 40.6 Å². The minimum atomic E-state index is -4.99. The van der Waals surface area contributed by atoms with Gasteiger partial charge in [0, 0.05) is 31.0 Å². The lowest BCUT2D eigenvalue weighted by Gasteiger charge is -2.29. The van der Waals surface area contributed by atoms with Crippen molar-refractivity contribution >= 4 is 44.8 Å². The maximum Gasteiger partial charge on any atom is 0.364 e. The van der Waals surface area contributed by atoms with E-state index in [0.29, 0.717) is 14.9 Å². The number of nitrogens with zero attached hydrogens (tertiary/aromatic N) is 3. The van der Waals surface area contributed by atoms with E-state index in [9.17, 15) is 26.5 Å².